The molecule has 1 aromatic rings. The standard InChI is InChI=1S/C13H20N2O2S/c1-4-8(2)7-15(3)13-14-10(9-5-6-9)11(18-13)12(16)17/h8-9H,4-7H2,1-3H3,(H,16,17). The van der Waals surface area contributed by atoms with Crippen molar-refractivity contribution in [1.29, 1.82) is 0 Å². The van der Waals surface area contributed by atoms with Crippen molar-refractivity contribution >= 4 is 22.4 Å². The minimum Gasteiger partial charge on any atom is -0.477 e. The van der Waals surface area contributed by atoms with Gasteiger partial charge in [-0.3, -0.25) is 0 Å². The molecule has 18 heavy (non-hydrogen) atoms. The molecule has 1 fully saturated rings. The quantitative estimate of drug-likeness (QED) is 0.860. The molecule has 0 amide bonds. The fourth-order valence-corrected chi connectivity index (χ4v) is 2.91. The molecule has 1 heterocycles. The van der Waals surface area contributed by atoms with Gasteiger partial charge in [-0.05, 0) is 18.8 Å². The van der Waals surface area contributed by atoms with Gasteiger partial charge in [0.1, 0.15) is 4.88 Å². The van der Waals surface area contributed by atoms with Gasteiger partial charge < -0.3 is 10.0 Å². The van der Waals surface area contributed by atoms with Crippen LogP contribution in [0, 0.1) is 5.92 Å². The Hall–Kier alpha value is -1.10. The highest BCUT2D eigenvalue weighted by atomic mass is 32.1. The summed E-state index contributed by atoms with van der Waals surface area (Å²) in [5.41, 5.74) is 0.804. The van der Waals surface area contributed by atoms with Crippen molar-refractivity contribution in [3.8, 4) is 0 Å². The van der Waals surface area contributed by atoms with Crippen LogP contribution in [-0.4, -0.2) is 29.7 Å². The van der Waals surface area contributed by atoms with E-state index in [-0.39, 0.29) is 0 Å². The molecule has 1 saturated carbocycles. The van der Waals surface area contributed by atoms with Crippen LogP contribution in [0.3, 0.4) is 0 Å². The average molecular weight is 268 g/mol. The lowest BCUT2D eigenvalue weighted by Gasteiger charge is -2.19. The van der Waals surface area contributed by atoms with Crippen LogP contribution < -0.4 is 4.90 Å². The van der Waals surface area contributed by atoms with Crippen LogP contribution in [-0.2, 0) is 0 Å². The van der Waals surface area contributed by atoms with E-state index in [1.807, 2.05) is 7.05 Å². The van der Waals surface area contributed by atoms with Crippen LogP contribution in [0.15, 0.2) is 0 Å². The number of thiazole rings is 1. The van der Waals surface area contributed by atoms with Crippen molar-refractivity contribution in [3.63, 3.8) is 0 Å². The third-order valence-electron chi connectivity index (χ3n) is 3.41. The first kappa shape index (κ1) is 13.3. The molecule has 1 unspecified atom stereocenters. The van der Waals surface area contributed by atoms with E-state index in [1.165, 1.54) is 11.3 Å². The van der Waals surface area contributed by atoms with Gasteiger partial charge in [0.25, 0.3) is 0 Å². The van der Waals surface area contributed by atoms with Crippen LogP contribution in [0.25, 0.3) is 0 Å². The molecular formula is C13H20N2O2S. The lowest BCUT2D eigenvalue weighted by Crippen LogP contribution is -2.23. The van der Waals surface area contributed by atoms with Gasteiger partial charge in [0.15, 0.2) is 5.13 Å². The minimum absolute atomic E-state index is 0.387. The maximum Gasteiger partial charge on any atom is 0.347 e. The average Bonchev–Trinajstić information content (AvgIpc) is 3.07. The number of aromatic nitrogens is 1. The highest BCUT2D eigenvalue weighted by Gasteiger charge is 2.32. The predicted octanol–water partition coefficient (Wildman–Crippen LogP) is 3.20. The van der Waals surface area contributed by atoms with Crippen molar-refractivity contribution in [2.75, 3.05) is 18.5 Å². The molecule has 0 spiro atoms. The zero-order chi connectivity index (χ0) is 13.3. The molecule has 5 heteroatoms. The number of hydrogen-bond donors (Lipinski definition) is 1. The van der Waals surface area contributed by atoms with Crippen LogP contribution in [0.4, 0.5) is 5.13 Å². The Bertz CT molecular complexity index is 440. The number of aromatic carboxylic acids is 1. The summed E-state index contributed by atoms with van der Waals surface area (Å²) < 4.78 is 0. The predicted molar refractivity (Wildman–Crippen MR) is 73.8 cm³/mol. The molecule has 1 aliphatic rings. The number of hydrogen-bond acceptors (Lipinski definition) is 4. The Morgan fingerprint density at radius 2 is 2.28 bits per heavy atom. The molecule has 0 aliphatic heterocycles. The second-order valence-corrected chi connectivity index (χ2v) is 6.16. The summed E-state index contributed by atoms with van der Waals surface area (Å²) in [5, 5.41) is 10.1. The van der Waals surface area contributed by atoms with Crippen LogP contribution >= 0.6 is 11.3 Å². The monoisotopic (exact) mass is 268 g/mol. The van der Waals surface area contributed by atoms with Gasteiger partial charge >= 0.3 is 5.97 Å². The fraction of sp³-hybridized carbons (Fsp3) is 0.692. The van der Waals surface area contributed by atoms with Crippen molar-refractivity contribution in [2.45, 2.75) is 39.0 Å². The lowest BCUT2D eigenvalue weighted by atomic mass is 10.1. The van der Waals surface area contributed by atoms with Gasteiger partial charge in [-0.25, -0.2) is 9.78 Å². The Morgan fingerprint density at radius 3 is 2.78 bits per heavy atom. The first-order valence-electron chi connectivity index (χ1n) is 6.48. The molecule has 1 N–H and O–H groups in total. The number of rotatable bonds is 6. The molecule has 2 rings (SSSR count). The maximum atomic E-state index is 11.2. The van der Waals surface area contributed by atoms with Gasteiger partial charge in [-0.15, -0.1) is 0 Å². The van der Waals surface area contributed by atoms with Gasteiger partial charge in [0, 0.05) is 19.5 Å². The molecule has 0 aromatic carbocycles. The van der Waals surface area contributed by atoms with E-state index in [2.05, 4.69) is 23.7 Å². The molecule has 1 atom stereocenters. The number of nitrogens with zero attached hydrogens (tertiary/aromatic N) is 2. The van der Waals surface area contributed by atoms with E-state index in [1.54, 1.807) is 0 Å². The topological polar surface area (TPSA) is 53.4 Å². The zero-order valence-electron chi connectivity index (χ0n) is 11.1. The number of carbonyl (C=O) groups is 1. The zero-order valence-corrected chi connectivity index (χ0v) is 12.0. The SMILES string of the molecule is CCC(C)CN(C)c1nc(C2CC2)c(C(=O)O)s1. The molecule has 0 bridgehead atoms. The van der Waals surface area contributed by atoms with Gasteiger partial charge in [0.2, 0.25) is 0 Å². The van der Waals surface area contributed by atoms with Crippen molar-refractivity contribution in [2.24, 2.45) is 5.92 Å². The molecule has 0 radical (unpaired) electrons. The molecule has 1 aromatic heterocycles. The molecule has 1 aliphatic carbocycles. The summed E-state index contributed by atoms with van der Waals surface area (Å²) >= 11 is 1.31. The highest BCUT2D eigenvalue weighted by Crippen LogP contribution is 2.44. The van der Waals surface area contributed by atoms with Crippen LogP contribution in [0.2, 0.25) is 0 Å². The smallest absolute Gasteiger partial charge is 0.347 e. The van der Waals surface area contributed by atoms with E-state index >= 15 is 0 Å². The van der Waals surface area contributed by atoms with Crippen LogP contribution in [0.1, 0.15) is 54.4 Å². The van der Waals surface area contributed by atoms with E-state index in [9.17, 15) is 9.90 Å². The first-order chi connectivity index (χ1) is 8.52. The van der Waals surface area contributed by atoms with Gasteiger partial charge in [0.05, 0.1) is 5.69 Å². The Morgan fingerprint density at radius 1 is 1.61 bits per heavy atom. The third kappa shape index (κ3) is 2.83. The second kappa shape index (κ2) is 5.26. The largest absolute Gasteiger partial charge is 0.477 e. The molecule has 4 nitrogen and oxygen atoms in total. The maximum absolute atomic E-state index is 11.2. The Kier molecular flexibility index (Phi) is 3.90. The number of carboxylic acids is 1. The van der Waals surface area contributed by atoms with Crippen molar-refractivity contribution in [1.82, 2.24) is 4.98 Å². The summed E-state index contributed by atoms with van der Waals surface area (Å²) in [5.74, 6) is 0.146. The van der Waals surface area contributed by atoms with Crippen LogP contribution in [0.5, 0.6) is 0 Å². The molecule has 0 saturated heterocycles. The summed E-state index contributed by atoms with van der Waals surface area (Å²) in [6, 6.07) is 0. The fourth-order valence-electron chi connectivity index (χ4n) is 1.94. The summed E-state index contributed by atoms with van der Waals surface area (Å²) in [6.45, 7) is 5.29. The summed E-state index contributed by atoms with van der Waals surface area (Å²) in [7, 11) is 1.99. The van der Waals surface area contributed by atoms with E-state index in [4.69, 9.17) is 0 Å². The van der Waals surface area contributed by atoms with Gasteiger partial charge in [-0.1, -0.05) is 31.6 Å². The number of anilines is 1. The summed E-state index contributed by atoms with van der Waals surface area (Å²) in [4.78, 5) is 18.3. The molecule has 100 valence electrons. The van der Waals surface area contributed by atoms with Gasteiger partial charge in [-0.2, -0.15) is 0 Å². The van der Waals surface area contributed by atoms with Crippen molar-refractivity contribution in [3.05, 3.63) is 10.6 Å². The molecular weight excluding hydrogens is 248 g/mol. The first-order valence-corrected chi connectivity index (χ1v) is 7.29. The lowest BCUT2D eigenvalue weighted by molar-refractivity contribution is 0.0700. The van der Waals surface area contributed by atoms with E-state index < -0.39 is 5.97 Å². The van der Waals surface area contributed by atoms with Crippen molar-refractivity contribution < 1.29 is 9.90 Å². The highest BCUT2D eigenvalue weighted by molar-refractivity contribution is 7.17. The Balaban J connectivity index is 2.18. The van der Waals surface area contributed by atoms with E-state index in [0.717, 1.165) is 36.6 Å². The van der Waals surface area contributed by atoms with E-state index in [0.29, 0.717) is 16.7 Å². The minimum atomic E-state index is -0.836. The second-order valence-electron chi connectivity index (χ2n) is 5.18. The third-order valence-corrected chi connectivity index (χ3v) is 4.58. The Labute approximate surface area is 112 Å². The number of carboxylic acid groups (broad SMARTS) is 1. The summed E-state index contributed by atoms with van der Waals surface area (Å²) in [6.07, 6.45) is 3.29. The normalized spacial score (nSPS) is 16.6.